The van der Waals surface area contributed by atoms with Crippen molar-refractivity contribution in [1.29, 1.82) is 0 Å². The van der Waals surface area contributed by atoms with Crippen LogP contribution in [0, 0.1) is 0 Å². The molecule has 136 valence electrons. The fraction of sp³-hybridized carbons (Fsp3) is 0.300. The molecule has 2 aromatic rings. The maximum Gasteiger partial charge on any atom is 0.407 e. The summed E-state index contributed by atoms with van der Waals surface area (Å²) in [5.41, 5.74) is 2.48. The van der Waals surface area contributed by atoms with Gasteiger partial charge >= 0.3 is 12.1 Å². The van der Waals surface area contributed by atoms with Crippen molar-refractivity contribution in [3.63, 3.8) is 0 Å². The number of carbonyl (C=O) groups is 2. The molecule has 0 saturated carbocycles. The highest BCUT2D eigenvalue weighted by atomic mass is 32.2. The first kappa shape index (κ1) is 18.3. The highest BCUT2D eigenvalue weighted by molar-refractivity contribution is 7.99. The van der Waals surface area contributed by atoms with Gasteiger partial charge in [-0.2, -0.15) is 0 Å². The average molecular weight is 371 g/mol. The summed E-state index contributed by atoms with van der Waals surface area (Å²) in [4.78, 5) is 25.0. The molecule has 0 fully saturated rings. The number of benzene rings is 2. The number of carbonyl (C=O) groups excluding carboxylic acids is 2. The third kappa shape index (κ3) is 4.58. The number of methoxy groups -OCH3 is 1. The van der Waals surface area contributed by atoms with Crippen LogP contribution in [0.4, 0.5) is 4.79 Å². The van der Waals surface area contributed by atoms with Crippen molar-refractivity contribution < 1.29 is 19.1 Å². The van der Waals surface area contributed by atoms with Crippen molar-refractivity contribution >= 4 is 23.8 Å². The molecule has 0 aliphatic carbocycles. The van der Waals surface area contributed by atoms with E-state index in [1.807, 2.05) is 42.5 Å². The first-order valence-corrected chi connectivity index (χ1v) is 9.48. The summed E-state index contributed by atoms with van der Waals surface area (Å²) < 4.78 is 10.1. The lowest BCUT2D eigenvalue weighted by Crippen LogP contribution is -2.29. The number of amides is 1. The van der Waals surface area contributed by atoms with Gasteiger partial charge in [-0.3, -0.25) is 0 Å². The monoisotopic (exact) mass is 371 g/mol. The number of ether oxygens (including phenoxy) is 2. The van der Waals surface area contributed by atoms with Crippen LogP contribution in [-0.2, 0) is 16.1 Å². The predicted molar refractivity (Wildman–Crippen MR) is 100 cm³/mol. The Morgan fingerprint density at radius 1 is 1.19 bits per heavy atom. The quantitative estimate of drug-likeness (QED) is 0.811. The summed E-state index contributed by atoms with van der Waals surface area (Å²) in [5, 5.41) is 2.96. The molecule has 1 N–H and O–H groups in total. The molecule has 1 heterocycles. The Hall–Kier alpha value is -2.47. The molecule has 1 aliphatic heterocycles. The van der Waals surface area contributed by atoms with Crippen LogP contribution < -0.4 is 5.32 Å². The van der Waals surface area contributed by atoms with Crippen molar-refractivity contribution in [1.82, 2.24) is 5.32 Å². The Morgan fingerprint density at radius 3 is 2.77 bits per heavy atom. The zero-order chi connectivity index (χ0) is 18.4. The van der Waals surface area contributed by atoms with E-state index in [1.165, 1.54) is 7.11 Å². The fourth-order valence-corrected chi connectivity index (χ4v) is 3.99. The zero-order valence-corrected chi connectivity index (χ0v) is 15.4. The minimum absolute atomic E-state index is 0.130. The first-order chi connectivity index (χ1) is 12.7. The molecule has 3 rings (SSSR count). The van der Waals surface area contributed by atoms with Gasteiger partial charge in [0.1, 0.15) is 6.61 Å². The molecule has 1 amide bonds. The lowest BCUT2D eigenvalue weighted by Gasteiger charge is -2.19. The van der Waals surface area contributed by atoms with E-state index in [0.717, 1.165) is 34.6 Å². The third-order valence-corrected chi connectivity index (χ3v) is 5.37. The molecular weight excluding hydrogens is 350 g/mol. The third-order valence-electron chi connectivity index (χ3n) is 4.21. The maximum atomic E-state index is 12.2. The van der Waals surface area contributed by atoms with Gasteiger partial charge in [-0.25, -0.2) is 9.59 Å². The largest absolute Gasteiger partial charge is 0.465 e. The van der Waals surface area contributed by atoms with E-state index >= 15 is 0 Å². The van der Waals surface area contributed by atoms with Crippen LogP contribution in [0.2, 0.25) is 0 Å². The van der Waals surface area contributed by atoms with Crippen LogP contribution in [0.5, 0.6) is 0 Å². The Kier molecular flexibility index (Phi) is 6.17. The summed E-state index contributed by atoms with van der Waals surface area (Å²) in [7, 11) is 1.37. The number of hydrogen-bond donors (Lipinski definition) is 1. The highest BCUT2D eigenvalue weighted by Crippen LogP contribution is 2.35. The molecule has 2 aromatic carbocycles. The normalized spacial score (nSPS) is 16.1. The maximum absolute atomic E-state index is 12.2. The summed E-state index contributed by atoms with van der Waals surface area (Å²) in [6.07, 6.45) is 1.36. The van der Waals surface area contributed by atoms with Gasteiger partial charge in [0.2, 0.25) is 0 Å². The second-order valence-corrected chi connectivity index (χ2v) is 7.13. The smallest absolute Gasteiger partial charge is 0.407 e. The van der Waals surface area contributed by atoms with E-state index < -0.39 is 6.09 Å². The second-order valence-electron chi connectivity index (χ2n) is 5.99. The van der Waals surface area contributed by atoms with E-state index in [9.17, 15) is 9.59 Å². The molecule has 5 nitrogen and oxygen atoms in total. The second kappa shape index (κ2) is 8.76. The molecule has 0 aromatic heterocycles. The van der Waals surface area contributed by atoms with E-state index in [2.05, 4.69) is 5.32 Å². The summed E-state index contributed by atoms with van der Waals surface area (Å²) in [6, 6.07) is 14.9. The number of nitrogens with one attached hydrogen (secondary N) is 1. The van der Waals surface area contributed by atoms with Crippen LogP contribution in [-0.4, -0.2) is 24.9 Å². The number of alkyl carbamates (subject to hydrolysis) is 1. The van der Waals surface area contributed by atoms with Gasteiger partial charge in [0.25, 0.3) is 0 Å². The lowest BCUT2D eigenvalue weighted by atomic mass is 10.0. The van der Waals surface area contributed by atoms with Crippen LogP contribution in [0.15, 0.2) is 53.4 Å². The van der Waals surface area contributed by atoms with E-state index in [1.54, 1.807) is 17.8 Å². The molecular formula is C20H21NO4S. The SMILES string of the molecule is COC(=O)c1ccc2c(c1)SCCCC2NC(=O)OCc1ccccc1. The van der Waals surface area contributed by atoms with Gasteiger partial charge in [-0.15, -0.1) is 11.8 Å². The van der Waals surface area contributed by atoms with Gasteiger partial charge in [-0.1, -0.05) is 36.4 Å². The predicted octanol–water partition coefficient (Wildman–Crippen LogP) is 4.33. The standard InChI is InChI=1S/C20H21NO4S/c1-24-19(22)15-9-10-16-17(8-5-11-26-18(16)12-15)21-20(23)25-13-14-6-3-2-4-7-14/h2-4,6-7,9-10,12,17H,5,8,11,13H2,1H3,(H,21,23). The summed E-state index contributed by atoms with van der Waals surface area (Å²) in [6.45, 7) is 0.238. The minimum Gasteiger partial charge on any atom is -0.465 e. The van der Waals surface area contributed by atoms with Crippen molar-refractivity contribution in [2.24, 2.45) is 0 Å². The Balaban J connectivity index is 1.68. The van der Waals surface area contributed by atoms with Crippen LogP contribution >= 0.6 is 11.8 Å². The van der Waals surface area contributed by atoms with Gasteiger partial charge < -0.3 is 14.8 Å². The van der Waals surface area contributed by atoms with E-state index in [0.29, 0.717) is 5.56 Å². The molecule has 0 saturated heterocycles. The summed E-state index contributed by atoms with van der Waals surface area (Å²) in [5.74, 6) is 0.582. The van der Waals surface area contributed by atoms with E-state index in [4.69, 9.17) is 9.47 Å². The lowest BCUT2D eigenvalue weighted by molar-refractivity contribution is 0.0600. The number of fused-ring (bicyclic) bond motifs is 1. The van der Waals surface area contributed by atoms with Gasteiger partial charge in [0, 0.05) is 4.90 Å². The van der Waals surface area contributed by atoms with Crippen molar-refractivity contribution in [3.8, 4) is 0 Å². The molecule has 1 atom stereocenters. The van der Waals surface area contributed by atoms with Crippen molar-refractivity contribution in [2.45, 2.75) is 30.4 Å². The summed E-state index contributed by atoms with van der Waals surface area (Å²) >= 11 is 1.69. The number of thioether (sulfide) groups is 1. The Morgan fingerprint density at radius 2 is 2.00 bits per heavy atom. The Bertz CT molecular complexity index is 779. The highest BCUT2D eigenvalue weighted by Gasteiger charge is 2.22. The number of rotatable bonds is 4. The molecule has 26 heavy (non-hydrogen) atoms. The first-order valence-electron chi connectivity index (χ1n) is 8.49. The van der Waals surface area contributed by atoms with E-state index in [-0.39, 0.29) is 18.6 Å². The molecule has 1 unspecified atom stereocenters. The van der Waals surface area contributed by atoms with Gasteiger partial charge in [0.15, 0.2) is 0 Å². The number of esters is 1. The van der Waals surface area contributed by atoms with Gasteiger partial charge in [-0.05, 0) is 41.9 Å². The topological polar surface area (TPSA) is 64.6 Å². The average Bonchev–Trinajstić information content (AvgIpc) is 2.88. The fourth-order valence-electron chi connectivity index (χ4n) is 2.87. The molecule has 0 bridgehead atoms. The Labute approximate surface area is 157 Å². The molecule has 0 spiro atoms. The zero-order valence-electron chi connectivity index (χ0n) is 14.6. The molecule has 1 aliphatic rings. The van der Waals surface area contributed by atoms with Crippen molar-refractivity contribution in [2.75, 3.05) is 12.9 Å². The number of hydrogen-bond acceptors (Lipinski definition) is 5. The minimum atomic E-state index is -0.436. The van der Waals surface area contributed by atoms with Crippen LogP contribution in [0.1, 0.15) is 40.4 Å². The molecule has 6 heteroatoms. The van der Waals surface area contributed by atoms with Crippen LogP contribution in [0.25, 0.3) is 0 Å². The van der Waals surface area contributed by atoms with Crippen molar-refractivity contribution in [3.05, 3.63) is 65.2 Å². The van der Waals surface area contributed by atoms with Gasteiger partial charge in [0.05, 0.1) is 18.7 Å². The molecule has 0 radical (unpaired) electrons. The van der Waals surface area contributed by atoms with Crippen LogP contribution in [0.3, 0.4) is 0 Å².